The number of Topliss-reactive ketones (excluding diaryl/α,β-unsaturated/α-hetero) is 2. The van der Waals surface area contributed by atoms with Gasteiger partial charge in [-0.25, -0.2) is 4.72 Å². The molecule has 0 aromatic heterocycles. The largest absolute Gasteiger partial charge is 0.304 e. The van der Waals surface area contributed by atoms with Crippen molar-refractivity contribution in [1.29, 1.82) is 0 Å². The number of nitrogens with one attached hydrogen (secondary N) is 1. The van der Waals surface area contributed by atoms with Crippen LogP contribution in [-0.2, 0) is 21.5 Å². The lowest BCUT2D eigenvalue weighted by Crippen LogP contribution is -2.29. The van der Waals surface area contributed by atoms with Gasteiger partial charge >= 0.3 is 10.2 Å². The third-order valence-electron chi connectivity index (χ3n) is 3.72. The maximum absolute atomic E-state index is 12.2. The molecule has 0 unspecified atom stereocenters. The maximum Gasteiger partial charge on any atom is 0.304 e. The molecule has 1 saturated heterocycles. The molecule has 128 valence electrons. The minimum absolute atomic E-state index is 0.00216. The third-order valence-corrected chi connectivity index (χ3v) is 5.14. The first kappa shape index (κ1) is 17.0. The molecule has 7 nitrogen and oxygen atoms in total. The van der Waals surface area contributed by atoms with Crippen molar-refractivity contribution in [2.75, 3.05) is 6.54 Å². The van der Waals surface area contributed by atoms with E-state index in [0.717, 1.165) is 4.31 Å². The summed E-state index contributed by atoms with van der Waals surface area (Å²) in [6.45, 7) is -0.238. The molecule has 25 heavy (non-hydrogen) atoms. The summed E-state index contributed by atoms with van der Waals surface area (Å²) in [5, 5.41) is 0. The van der Waals surface area contributed by atoms with Crippen LogP contribution in [0.1, 0.15) is 26.3 Å². The molecular weight excluding hydrogens is 344 g/mol. The van der Waals surface area contributed by atoms with E-state index < -0.39 is 27.7 Å². The van der Waals surface area contributed by atoms with Crippen LogP contribution in [0.4, 0.5) is 0 Å². The van der Waals surface area contributed by atoms with Crippen molar-refractivity contribution in [2.45, 2.75) is 6.54 Å². The Morgan fingerprint density at radius 2 is 1.48 bits per heavy atom. The minimum Gasteiger partial charge on any atom is -0.285 e. The first-order chi connectivity index (χ1) is 11.9. The van der Waals surface area contributed by atoms with Gasteiger partial charge in [-0.15, -0.1) is 0 Å². The van der Waals surface area contributed by atoms with E-state index in [0.29, 0.717) is 11.1 Å². The normalized spacial score (nSPS) is 16.4. The molecule has 1 aliphatic heterocycles. The van der Waals surface area contributed by atoms with E-state index in [1.807, 2.05) is 4.72 Å². The van der Waals surface area contributed by atoms with Crippen LogP contribution < -0.4 is 4.72 Å². The summed E-state index contributed by atoms with van der Waals surface area (Å²) in [5.74, 6) is -1.83. The Balaban J connectivity index is 1.73. The molecule has 0 radical (unpaired) electrons. The van der Waals surface area contributed by atoms with Crippen molar-refractivity contribution in [3.63, 3.8) is 0 Å². The van der Waals surface area contributed by atoms with E-state index in [2.05, 4.69) is 0 Å². The molecule has 0 atom stereocenters. The lowest BCUT2D eigenvalue weighted by molar-refractivity contribution is -0.118. The van der Waals surface area contributed by atoms with E-state index in [4.69, 9.17) is 0 Å². The Labute approximate surface area is 144 Å². The van der Waals surface area contributed by atoms with Crippen molar-refractivity contribution >= 4 is 27.7 Å². The Morgan fingerprint density at radius 1 is 0.920 bits per heavy atom. The number of carbonyl (C=O) groups is 3. The van der Waals surface area contributed by atoms with Gasteiger partial charge in [-0.1, -0.05) is 54.6 Å². The van der Waals surface area contributed by atoms with Gasteiger partial charge in [-0.2, -0.15) is 12.7 Å². The highest BCUT2D eigenvalue weighted by molar-refractivity contribution is 7.88. The van der Waals surface area contributed by atoms with Gasteiger partial charge in [-0.05, 0) is 5.56 Å². The topological polar surface area (TPSA) is 101 Å². The highest BCUT2D eigenvalue weighted by Gasteiger charge is 2.33. The first-order valence-corrected chi connectivity index (χ1v) is 8.84. The number of hydrogen-bond acceptors (Lipinski definition) is 5. The summed E-state index contributed by atoms with van der Waals surface area (Å²) >= 11 is 0. The number of rotatable bonds is 5. The molecule has 1 amide bonds. The van der Waals surface area contributed by atoms with Gasteiger partial charge < -0.3 is 0 Å². The van der Waals surface area contributed by atoms with Crippen LogP contribution in [0.5, 0.6) is 0 Å². The zero-order chi connectivity index (χ0) is 18.0. The van der Waals surface area contributed by atoms with E-state index in [1.54, 1.807) is 42.5 Å². The molecule has 1 N–H and O–H groups in total. The summed E-state index contributed by atoms with van der Waals surface area (Å²) in [5.41, 5.74) is 1.13. The predicted octanol–water partition coefficient (Wildman–Crippen LogP) is 0.929. The van der Waals surface area contributed by atoms with Gasteiger partial charge in [-0.3, -0.25) is 14.4 Å². The molecule has 2 aromatic carbocycles. The van der Waals surface area contributed by atoms with Crippen molar-refractivity contribution in [3.05, 3.63) is 71.3 Å². The van der Waals surface area contributed by atoms with Crippen LogP contribution in [0.2, 0.25) is 0 Å². The smallest absolute Gasteiger partial charge is 0.285 e. The van der Waals surface area contributed by atoms with Crippen LogP contribution >= 0.6 is 0 Å². The Bertz CT molecular complexity index is 937. The van der Waals surface area contributed by atoms with Crippen molar-refractivity contribution < 1.29 is 22.8 Å². The highest BCUT2D eigenvalue weighted by atomic mass is 32.2. The van der Waals surface area contributed by atoms with Crippen LogP contribution in [0.3, 0.4) is 0 Å². The highest BCUT2D eigenvalue weighted by Crippen LogP contribution is 2.14. The summed E-state index contributed by atoms with van der Waals surface area (Å²) < 4.78 is 26.3. The van der Waals surface area contributed by atoms with Gasteiger partial charge in [0.25, 0.3) is 0 Å². The van der Waals surface area contributed by atoms with Crippen molar-refractivity contribution in [2.24, 2.45) is 0 Å². The second-order valence-corrected chi connectivity index (χ2v) is 7.19. The van der Waals surface area contributed by atoms with Crippen molar-refractivity contribution in [3.8, 4) is 0 Å². The predicted molar refractivity (Wildman–Crippen MR) is 89.0 cm³/mol. The molecule has 2 aromatic rings. The monoisotopic (exact) mass is 358 g/mol. The van der Waals surface area contributed by atoms with Gasteiger partial charge in [0.2, 0.25) is 17.5 Å². The lowest BCUT2D eigenvalue weighted by atomic mass is 10.0. The Hall–Kier alpha value is -2.84. The van der Waals surface area contributed by atoms with Crippen molar-refractivity contribution in [1.82, 2.24) is 9.03 Å². The van der Waals surface area contributed by atoms with Gasteiger partial charge in [0.05, 0.1) is 6.54 Å². The fourth-order valence-electron chi connectivity index (χ4n) is 2.44. The van der Waals surface area contributed by atoms with Gasteiger partial charge in [0, 0.05) is 17.7 Å². The fraction of sp³-hybridized carbons (Fsp3) is 0.118. The molecule has 1 heterocycles. The van der Waals surface area contributed by atoms with Crippen LogP contribution in [0.25, 0.3) is 0 Å². The molecule has 0 aliphatic carbocycles. The maximum atomic E-state index is 12.2. The Kier molecular flexibility index (Phi) is 4.47. The average molecular weight is 358 g/mol. The second-order valence-electron chi connectivity index (χ2n) is 5.52. The number of benzene rings is 2. The molecule has 3 rings (SSSR count). The SMILES string of the molecule is O=C1CN(Cc2ccc(C(=O)C(=O)c3ccccc3)cc2)S(=O)(=O)N1. The number of hydrogen-bond donors (Lipinski definition) is 1. The van der Waals surface area contributed by atoms with E-state index >= 15 is 0 Å². The zero-order valence-electron chi connectivity index (χ0n) is 13.0. The summed E-state index contributed by atoms with van der Waals surface area (Å²) in [7, 11) is -3.80. The number of amides is 1. The van der Waals surface area contributed by atoms with Crippen LogP contribution in [0, 0.1) is 0 Å². The fourth-order valence-corrected chi connectivity index (χ4v) is 3.53. The molecule has 1 fully saturated rings. The molecule has 1 aliphatic rings. The molecular formula is C17H14N2O5S. The average Bonchev–Trinajstić information content (AvgIpc) is 2.86. The quantitative estimate of drug-likeness (QED) is 0.633. The van der Waals surface area contributed by atoms with Gasteiger partial charge in [0.15, 0.2) is 0 Å². The molecule has 8 heteroatoms. The van der Waals surface area contributed by atoms with E-state index in [-0.39, 0.29) is 18.7 Å². The minimum atomic E-state index is -3.80. The Morgan fingerprint density at radius 3 is 2.00 bits per heavy atom. The molecule has 0 spiro atoms. The number of nitrogens with zero attached hydrogens (tertiary/aromatic N) is 1. The van der Waals surface area contributed by atoms with E-state index in [1.165, 1.54) is 12.1 Å². The summed E-state index contributed by atoms with van der Waals surface area (Å²) in [4.78, 5) is 35.6. The van der Waals surface area contributed by atoms with Gasteiger partial charge in [0.1, 0.15) is 0 Å². The standard InChI is InChI=1S/C17H14N2O5S/c20-15-11-19(25(23,24)18-15)10-12-6-8-14(9-7-12)17(22)16(21)13-4-2-1-3-5-13/h1-9H,10-11H2,(H,18,20). The number of carbonyl (C=O) groups excluding carboxylic acids is 3. The number of ketones is 2. The summed E-state index contributed by atoms with van der Waals surface area (Å²) in [6, 6.07) is 14.3. The van der Waals surface area contributed by atoms with Crippen LogP contribution in [-0.4, -0.2) is 36.7 Å². The first-order valence-electron chi connectivity index (χ1n) is 7.40. The lowest BCUT2D eigenvalue weighted by Gasteiger charge is -2.12. The third kappa shape index (κ3) is 3.65. The molecule has 0 bridgehead atoms. The molecule has 0 saturated carbocycles. The second kappa shape index (κ2) is 6.58. The van der Waals surface area contributed by atoms with Crippen LogP contribution in [0.15, 0.2) is 54.6 Å². The zero-order valence-corrected chi connectivity index (χ0v) is 13.8. The summed E-state index contributed by atoms with van der Waals surface area (Å²) in [6.07, 6.45) is 0. The van der Waals surface area contributed by atoms with E-state index in [9.17, 15) is 22.8 Å².